The average Bonchev–Trinajstić information content (AvgIpc) is 3.14. The van der Waals surface area contributed by atoms with Gasteiger partial charge in [0, 0.05) is 19.3 Å². The second kappa shape index (κ2) is 41.6. The lowest BCUT2D eigenvalue weighted by molar-refractivity contribution is -0.167. The van der Waals surface area contributed by atoms with Crippen molar-refractivity contribution in [3.63, 3.8) is 0 Å². The molecule has 0 aromatic heterocycles. The van der Waals surface area contributed by atoms with Gasteiger partial charge in [0.15, 0.2) is 6.10 Å². The molecule has 6 heteroatoms. The fourth-order valence-corrected chi connectivity index (χ4v) is 6.26. The first-order chi connectivity index (χ1) is 25.5. The van der Waals surface area contributed by atoms with Gasteiger partial charge >= 0.3 is 17.9 Å². The Labute approximate surface area is 322 Å². The number of ether oxygens (including phenoxy) is 3. The summed E-state index contributed by atoms with van der Waals surface area (Å²) in [6, 6.07) is 0. The molecule has 0 aromatic carbocycles. The van der Waals surface area contributed by atoms with Crippen molar-refractivity contribution < 1.29 is 28.6 Å². The first kappa shape index (κ1) is 49.9. The first-order valence-electron chi connectivity index (χ1n) is 22.3. The van der Waals surface area contributed by atoms with Crippen molar-refractivity contribution in [1.82, 2.24) is 0 Å². The Hall–Kier alpha value is -2.11. The van der Waals surface area contributed by atoms with Crippen molar-refractivity contribution in [2.75, 3.05) is 13.2 Å². The van der Waals surface area contributed by atoms with Gasteiger partial charge in [-0.25, -0.2) is 0 Å². The van der Waals surface area contributed by atoms with Gasteiger partial charge in [-0.2, -0.15) is 0 Å². The van der Waals surface area contributed by atoms with Crippen LogP contribution in [-0.2, 0) is 28.6 Å². The number of hydrogen-bond donors (Lipinski definition) is 0. The summed E-state index contributed by atoms with van der Waals surface area (Å²) >= 11 is 0. The van der Waals surface area contributed by atoms with Gasteiger partial charge < -0.3 is 14.2 Å². The van der Waals surface area contributed by atoms with E-state index >= 15 is 0 Å². The number of esters is 3. The molecule has 0 aliphatic rings. The highest BCUT2D eigenvalue weighted by molar-refractivity contribution is 5.71. The molecule has 0 rings (SSSR count). The van der Waals surface area contributed by atoms with Crippen LogP contribution < -0.4 is 0 Å². The van der Waals surface area contributed by atoms with Gasteiger partial charge in [-0.1, -0.05) is 173 Å². The zero-order chi connectivity index (χ0) is 38.0. The summed E-state index contributed by atoms with van der Waals surface area (Å²) in [6.45, 7) is 6.53. The SMILES string of the molecule is CCC/C=C\CCCCCCCC(=O)OCC(COC(=O)CCCCCCC/C=C\CCCCCC)OC(=O)CCCCCCCCCCCCC. The predicted molar refractivity (Wildman–Crippen MR) is 219 cm³/mol. The molecular formula is C46H84O6. The van der Waals surface area contributed by atoms with Crippen molar-refractivity contribution in [3.05, 3.63) is 24.3 Å². The minimum absolute atomic E-state index is 0.0758. The molecule has 0 amide bonds. The van der Waals surface area contributed by atoms with Gasteiger partial charge in [-0.3, -0.25) is 14.4 Å². The van der Waals surface area contributed by atoms with E-state index in [1.807, 2.05) is 0 Å². The van der Waals surface area contributed by atoms with Crippen LogP contribution >= 0.6 is 0 Å². The summed E-state index contributed by atoms with van der Waals surface area (Å²) in [6.07, 6.45) is 44.4. The smallest absolute Gasteiger partial charge is 0.306 e. The Bertz CT molecular complexity index is 850. The molecule has 0 aromatic rings. The number of carbonyl (C=O) groups excluding carboxylic acids is 3. The molecule has 0 radical (unpaired) electrons. The van der Waals surface area contributed by atoms with Crippen LogP contribution in [-0.4, -0.2) is 37.2 Å². The largest absolute Gasteiger partial charge is 0.462 e. The molecule has 0 saturated carbocycles. The zero-order valence-electron chi connectivity index (χ0n) is 34.6. The molecule has 1 atom stereocenters. The van der Waals surface area contributed by atoms with E-state index in [2.05, 4.69) is 45.1 Å². The number of rotatable bonds is 40. The highest BCUT2D eigenvalue weighted by Crippen LogP contribution is 2.14. The molecule has 0 aliphatic carbocycles. The highest BCUT2D eigenvalue weighted by Gasteiger charge is 2.19. The van der Waals surface area contributed by atoms with Gasteiger partial charge in [0.05, 0.1) is 0 Å². The Morgan fingerprint density at radius 1 is 0.365 bits per heavy atom. The maximum absolute atomic E-state index is 12.7. The minimum Gasteiger partial charge on any atom is -0.462 e. The summed E-state index contributed by atoms with van der Waals surface area (Å²) in [5.41, 5.74) is 0. The topological polar surface area (TPSA) is 78.9 Å². The Balaban J connectivity index is 4.37. The first-order valence-corrected chi connectivity index (χ1v) is 22.3. The number of hydrogen-bond acceptors (Lipinski definition) is 6. The highest BCUT2D eigenvalue weighted by atomic mass is 16.6. The third kappa shape index (κ3) is 39.1. The van der Waals surface area contributed by atoms with Gasteiger partial charge in [-0.15, -0.1) is 0 Å². The van der Waals surface area contributed by atoms with Crippen molar-refractivity contribution >= 4 is 17.9 Å². The second-order valence-corrected chi connectivity index (χ2v) is 15.0. The standard InChI is InChI=1S/C46H84O6/c1-4-7-10-13-16-19-22-23-25-27-30-33-36-39-45(48)51-42-43(41-50-44(47)38-35-32-29-26-21-18-15-12-9-6-3)52-46(49)40-37-34-31-28-24-20-17-14-11-8-5-2/h12,15,19,22,43H,4-11,13-14,16-18,20-21,23-42H2,1-3H3/b15-12-,22-19-. The van der Waals surface area contributed by atoms with Gasteiger partial charge in [-0.05, 0) is 64.2 Å². The molecule has 0 N–H and O–H groups in total. The van der Waals surface area contributed by atoms with Crippen LogP contribution in [0.4, 0.5) is 0 Å². The summed E-state index contributed by atoms with van der Waals surface area (Å²) in [5, 5.41) is 0. The monoisotopic (exact) mass is 733 g/mol. The van der Waals surface area contributed by atoms with Gasteiger partial charge in [0.1, 0.15) is 13.2 Å². The molecule has 52 heavy (non-hydrogen) atoms. The Morgan fingerprint density at radius 3 is 1.06 bits per heavy atom. The van der Waals surface area contributed by atoms with E-state index in [1.54, 1.807) is 0 Å². The van der Waals surface area contributed by atoms with Gasteiger partial charge in [0.25, 0.3) is 0 Å². The van der Waals surface area contributed by atoms with Crippen molar-refractivity contribution in [1.29, 1.82) is 0 Å². The number of allylic oxidation sites excluding steroid dienone is 4. The molecule has 1 unspecified atom stereocenters. The van der Waals surface area contributed by atoms with E-state index in [9.17, 15) is 14.4 Å². The van der Waals surface area contributed by atoms with E-state index in [0.29, 0.717) is 19.3 Å². The third-order valence-corrected chi connectivity index (χ3v) is 9.66. The lowest BCUT2D eigenvalue weighted by Crippen LogP contribution is -2.30. The summed E-state index contributed by atoms with van der Waals surface area (Å²) in [7, 11) is 0. The van der Waals surface area contributed by atoms with E-state index in [4.69, 9.17) is 14.2 Å². The van der Waals surface area contributed by atoms with Crippen LogP contribution in [0.15, 0.2) is 24.3 Å². The normalized spacial score (nSPS) is 12.1. The molecule has 6 nitrogen and oxygen atoms in total. The lowest BCUT2D eigenvalue weighted by atomic mass is 10.1. The quantitative estimate of drug-likeness (QED) is 0.0270. The molecule has 304 valence electrons. The molecule has 0 fully saturated rings. The molecule has 0 aliphatic heterocycles. The average molecular weight is 733 g/mol. The van der Waals surface area contributed by atoms with Crippen LogP contribution in [0.25, 0.3) is 0 Å². The molecule has 0 bridgehead atoms. The van der Waals surface area contributed by atoms with Crippen molar-refractivity contribution in [2.24, 2.45) is 0 Å². The van der Waals surface area contributed by atoms with Crippen LogP contribution in [0.2, 0.25) is 0 Å². The number of unbranched alkanes of at least 4 members (excludes halogenated alkanes) is 25. The zero-order valence-corrected chi connectivity index (χ0v) is 34.6. The molecule has 0 spiro atoms. The summed E-state index contributed by atoms with van der Waals surface area (Å²) < 4.78 is 16.7. The van der Waals surface area contributed by atoms with Crippen LogP contribution in [0.3, 0.4) is 0 Å². The minimum atomic E-state index is -0.770. The Kier molecular flexibility index (Phi) is 40.0. The maximum Gasteiger partial charge on any atom is 0.306 e. The molecule has 0 saturated heterocycles. The van der Waals surface area contributed by atoms with Crippen LogP contribution in [0.1, 0.15) is 233 Å². The van der Waals surface area contributed by atoms with E-state index in [1.165, 1.54) is 116 Å². The van der Waals surface area contributed by atoms with E-state index in [0.717, 1.165) is 77.0 Å². The van der Waals surface area contributed by atoms with E-state index in [-0.39, 0.29) is 31.1 Å². The summed E-state index contributed by atoms with van der Waals surface area (Å²) in [4.78, 5) is 37.6. The second-order valence-electron chi connectivity index (χ2n) is 15.0. The fraction of sp³-hybridized carbons (Fsp3) is 0.848. The number of carbonyl (C=O) groups is 3. The third-order valence-electron chi connectivity index (χ3n) is 9.66. The Morgan fingerprint density at radius 2 is 0.673 bits per heavy atom. The van der Waals surface area contributed by atoms with Crippen molar-refractivity contribution in [2.45, 2.75) is 239 Å². The molecule has 0 heterocycles. The van der Waals surface area contributed by atoms with Crippen LogP contribution in [0.5, 0.6) is 0 Å². The lowest BCUT2D eigenvalue weighted by Gasteiger charge is -2.18. The predicted octanol–water partition coefficient (Wildman–Crippen LogP) is 14.0. The van der Waals surface area contributed by atoms with Crippen molar-refractivity contribution in [3.8, 4) is 0 Å². The fourth-order valence-electron chi connectivity index (χ4n) is 6.26. The van der Waals surface area contributed by atoms with E-state index < -0.39 is 6.10 Å². The maximum atomic E-state index is 12.7. The van der Waals surface area contributed by atoms with Gasteiger partial charge in [0.2, 0.25) is 0 Å². The summed E-state index contributed by atoms with van der Waals surface area (Å²) in [5.74, 6) is -0.892. The van der Waals surface area contributed by atoms with Crippen LogP contribution in [0, 0.1) is 0 Å². The molecular weight excluding hydrogens is 648 g/mol.